The Labute approximate surface area is 373 Å². The third kappa shape index (κ3) is 5.81. The molecule has 13 rings (SSSR count). The molecule has 13 aromatic rings. The second kappa shape index (κ2) is 14.7. The summed E-state index contributed by atoms with van der Waals surface area (Å²) >= 11 is 1.88. The van der Waals surface area contributed by atoms with Crippen LogP contribution in [0.5, 0.6) is 0 Å². The minimum atomic E-state index is 0.865. The van der Waals surface area contributed by atoms with Crippen molar-refractivity contribution < 1.29 is 4.42 Å². The van der Waals surface area contributed by atoms with Crippen molar-refractivity contribution in [1.29, 1.82) is 0 Å². The normalized spacial score (nSPS) is 11.8. The van der Waals surface area contributed by atoms with Crippen LogP contribution in [-0.2, 0) is 0 Å². The summed E-state index contributed by atoms with van der Waals surface area (Å²) in [6.45, 7) is 0. The van der Waals surface area contributed by atoms with Crippen molar-refractivity contribution in [3.63, 3.8) is 0 Å². The summed E-state index contributed by atoms with van der Waals surface area (Å²) in [5.74, 6) is 0. The minimum Gasteiger partial charge on any atom is -0.454 e. The van der Waals surface area contributed by atoms with Crippen molar-refractivity contribution in [2.75, 3.05) is 9.80 Å². The lowest BCUT2D eigenvalue weighted by atomic mass is 9.96. The van der Waals surface area contributed by atoms with E-state index in [-0.39, 0.29) is 0 Å². The fourth-order valence-electron chi connectivity index (χ4n) is 9.90. The lowest BCUT2D eigenvalue weighted by Crippen LogP contribution is -2.11. The summed E-state index contributed by atoms with van der Waals surface area (Å²) in [6.07, 6.45) is 0. The zero-order chi connectivity index (χ0) is 42.1. The van der Waals surface area contributed by atoms with Crippen molar-refractivity contribution in [3.8, 4) is 11.1 Å². The quantitative estimate of drug-likeness (QED) is 0.149. The smallest absolute Gasteiger partial charge is 0.159 e. The van der Waals surface area contributed by atoms with Gasteiger partial charge in [0, 0.05) is 64.6 Å². The number of hydrogen-bond acceptors (Lipinski definition) is 4. The largest absolute Gasteiger partial charge is 0.454 e. The lowest BCUT2D eigenvalue weighted by Gasteiger charge is -2.28. The summed E-state index contributed by atoms with van der Waals surface area (Å²) in [5, 5.41) is 12.2. The molecule has 0 radical (unpaired) electrons. The van der Waals surface area contributed by atoms with Gasteiger partial charge >= 0.3 is 0 Å². The standard InChI is InChI=1S/C60H38N2OS/c1-3-17-40(18-4-1)46-22-11-13-27-54(46)62(55-28-15-26-50-48-24-12-14-29-56(48)63-59(50)55)45-33-35-52-57(38-45)64-60-51-34-32-44(37-53(51)47-23-9-10-25-49(47)58(52)60)61(42-20-5-2-6-21-42)43-31-30-39-16-7-8-19-41(39)36-43/h1-38H. The predicted molar refractivity (Wildman–Crippen MR) is 274 cm³/mol. The van der Waals surface area contributed by atoms with Crippen LogP contribution in [0, 0.1) is 0 Å². The zero-order valence-electron chi connectivity index (χ0n) is 34.7. The average molecular weight is 835 g/mol. The van der Waals surface area contributed by atoms with Crippen LogP contribution in [0.4, 0.5) is 34.1 Å². The van der Waals surface area contributed by atoms with Gasteiger partial charge < -0.3 is 14.2 Å². The van der Waals surface area contributed by atoms with Gasteiger partial charge in [-0.2, -0.15) is 0 Å². The van der Waals surface area contributed by atoms with Crippen LogP contribution in [0.3, 0.4) is 0 Å². The van der Waals surface area contributed by atoms with Gasteiger partial charge in [0.2, 0.25) is 0 Å². The summed E-state index contributed by atoms with van der Waals surface area (Å²) < 4.78 is 9.27. The molecule has 11 aromatic carbocycles. The molecular formula is C60H38N2OS. The van der Waals surface area contributed by atoms with E-state index in [1.54, 1.807) is 0 Å². The van der Waals surface area contributed by atoms with Crippen LogP contribution in [0.1, 0.15) is 0 Å². The van der Waals surface area contributed by atoms with Crippen LogP contribution in [-0.4, -0.2) is 0 Å². The molecule has 0 bridgehead atoms. The van der Waals surface area contributed by atoms with E-state index in [0.717, 1.165) is 67.2 Å². The summed E-state index contributed by atoms with van der Waals surface area (Å²) in [4.78, 5) is 4.77. The molecule has 2 aromatic heterocycles. The maximum absolute atomic E-state index is 6.74. The molecule has 4 heteroatoms. The first-order chi connectivity index (χ1) is 31.7. The van der Waals surface area contributed by atoms with E-state index < -0.39 is 0 Å². The molecule has 2 heterocycles. The number of hydrogen-bond donors (Lipinski definition) is 0. The topological polar surface area (TPSA) is 19.6 Å². The molecule has 3 nitrogen and oxygen atoms in total. The Morgan fingerprint density at radius 1 is 0.344 bits per heavy atom. The van der Waals surface area contributed by atoms with Crippen LogP contribution in [0.25, 0.3) is 85.6 Å². The van der Waals surface area contributed by atoms with Gasteiger partial charge in [0.05, 0.1) is 11.4 Å². The Morgan fingerprint density at radius 2 is 0.969 bits per heavy atom. The van der Waals surface area contributed by atoms with Gasteiger partial charge in [0.25, 0.3) is 0 Å². The lowest BCUT2D eigenvalue weighted by molar-refractivity contribution is 0.669. The van der Waals surface area contributed by atoms with Gasteiger partial charge in [0.1, 0.15) is 5.58 Å². The Kier molecular flexibility index (Phi) is 8.40. The van der Waals surface area contributed by atoms with Gasteiger partial charge in [-0.3, -0.25) is 0 Å². The van der Waals surface area contributed by atoms with Crippen molar-refractivity contribution in [1.82, 2.24) is 0 Å². The Bertz CT molecular complexity index is 3930. The fraction of sp³-hybridized carbons (Fsp3) is 0. The minimum absolute atomic E-state index is 0.865. The molecule has 0 saturated carbocycles. The average Bonchev–Trinajstić information content (AvgIpc) is 3.94. The summed E-state index contributed by atoms with van der Waals surface area (Å²) in [6, 6.07) is 83.3. The second-order valence-electron chi connectivity index (χ2n) is 16.4. The zero-order valence-corrected chi connectivity index (χ0v) is 35.5. The first kappa shape index (κ1) is 36.5. The summed E-state index contributed by atoms with van der Waals surface area (Å²) in [5.41, 5.74) is 10.6. The number of anilines is 6. The fourth-order valence-corrected chi connectivity index (χ4v) is 11.2. The highest BCUT2D eigenvalue weighted by atomic mass is 32.1. The Balaban J connectivity index is 1.03. The number of furan rings is 1. The van der Waals surface area contributed by atoms with E-state index in [9.17, 15) is 0 Å². The molecular weight excluding hydrogens is 797 g/mol. The van der Waals surface area contributed by atoms with E-state index in [1.165, 1.54) is 52.5 Å². The molecule has 0 spiro atoms. The van der Waals surface area contributed by atoms with Crippen LogP contribution in [0.2, 0.25) is 0 Å². The molecule has 0 aliphatic heterocycles. The van der Waals surface area contributed by atoms with E-state index in [2.05, 4.69) is 234 Å². The molecule has 0 unspecified atom stereocenters. The van der Waals surface area contributed by atoms with Crippen LogP contribution < -0.4 is 9.80 Å². The summed E-state index contributed by atoms with van der Waals surface area (Å²) in [7, 11) is 0. The first-order valence-corrected chi connectivity index (χ1v) is 22.6. The van der Waals surface area contributed by atoms with Crippen molar-refractivity contribution in [2.45, 2.75) is 0 Å². The molecule has 300 valence electrons. The SMILES string of the molecule is c1ccc(-c2ccccc2N(c2ccc3c(c2)sc2c4ccc(N(c5ccccc5)c5ccc6ccccc6c5)cc4c4ccccc4c32)c2cccc3c2oc2ccccc23)cc1. The molecule has 0 amide bonds. The molecule has 64 heavy (non-hydrogen) atoms. The number of nitrogens with zero attached hydrogens (tertiary/aromatic N) is 2. The second-order valence-corrected chi connectivity index (χ2v) is 17.5. The Morgan fingerprint density at radius 3 is 1.83 bits per heavy atom. The molecule has 0 aliphatic rings. The Hall–Kier alpha value is -8.18. The van der Waals surface area contributed by atoms with E-state index in [1.807, 2.05) is 17.4 Å². The van der Waals surface area contributed by atoms with Crippen LogP contribution in [0.15, 0.2) is 235 Å². The number of para-hydroxylation sites is 4. The van der Waals surface area contributed by atoms with E-state index >= 15 is 0 Å². The molecule has 0 fully saturated rings. The van der Waals surface area contributed by atoms with Gasteiger partial charge in [-0.15, -0.1) is 11.3 Å². The van der Waals surface area contributed by atoms with Crippen molar-refractivity contribution in [3.05, 3.63) is 231 Å². The molecule has 0 saturated heterocycles. The number of fused-ring (bicyclic) bond motifs is 12. The first-order valence-electron chi connectivity index (χ1n) is 21.7. The van der Waals surface area contributed by atoms with Crippen molar-refractivity contribution >= 4 is 120 Å². The highest BCUT2D eigenvalue weighted by Crippen LogP contribution is 2.50. The maximum atomic E-state index is 6.74. The van der Waals surface area contributed by atoms with Gasteiger partial charge in [-0.1, -0.05) is 164 Å². The van der Waals surface area contributed by atoms with Gasteiger partial charge in [-0.25, -0.2) is 0 Å². The van der Waals surface area contributed by atoms with Gasteiger partial charge in [-0.05, 0) is 99.2 Å². The van der Waals surface area contributed by atoms with Crippen LogP contribution >= 0.6 is 11.3 Å². The van der Waals surface area contributed by atoms with Gasteiger partial charge in [0.15, 0.2) is 5.58 Å². The highest BCUT2D eigenvalue weighted by Gasteiger charge is 2.24. The highest BCUT2D eigenvalue weighted by molar-refractivity contribution is 7.27. The molecule has 0 aliphatic carbocycles. The number of benzene rings is 11. The number of thiophene rings is 1. The number of rotatable bonds is 7. The predicted octanol–water partition coefficient (Wildman–Crippen LogP) is 18.0. The van der Waals surface area contributed by atoms with E-state index in [4.69, 9.17) is 4.42 Å². The molecule has 0 N–H and O–H groups in total. The maximum Gasteiger partial charge on any atom is 0.159 e. The van der Waals surface area contributed by atoms with E-state index in [0.29, 0.717) is 0 Å². The monoisotopic (exact) mass is 834 g/mol. The molecule has 0 atom stereocenters. The third-order valence-corrected chi connectivity index (χ3v) is 14.0. The third-order valence-electron chi connectivity index (χ3n) is 12.8. The van der Waals surface area contributed by atoms with Crippen molar-refractivity contribution in [2.24, 2.45) is 0 Å².